The first-order chi connectivity index (χ1) is 11.3. The summed E-state index contributed by atoms with van der Waals surface area (Å²) in [5.41, 5.74) is 4.01. The minimum absolute atomic E-state index is 0.0464. The first kappa shape index (κ1) is 15.1. The summed E-state index contributed by atoms with van der Waals surface area (Å²) < 4.78 is 5.35. The van der Waals surface area contributed by atoms with Crippen LogP contribution in [0.1, 0.15) is 5.56 Å². The van der Waals surface area contributed by atoms with Crippen molar-refractivity contribution >= 4 is 17.1 Å². The van der Waals surface area contributed by atoms with Crippen LogP contribution in [0.15, 0.2) is 78.9 Å². The molecular weight excluding hydrogens is 286 g/mol. The molecule has 23 heavy (non-hydrogen) atoms. The lowest BCUT2D eigenvalue weighted by molar-refractivity contribution is 0.282. The zero-order chi connectivity index (χ0) is 16.1. The van der Waals surface area contributed by atoms with Crippen LogP contribution in [0.4, 0.5) is 17.1 Å². The van der Waals surface area contributed by atoms with Crippen LogP contribution in [0.2, 0.25) is 0 Å². The molecule has 3 aromatic carbocycles. The Balaban J connectivity index is 2.09. The van der Waals surface area contributed by atoms with Crippen molar-refractivity contribution in [3.05, 3.63) is 84.4 Å². The van der Waals surface area contributed by atoms with E-state index in [4.69, 9.17) is 4.74 Å². The molecule has 116 valence electrons. The Kier molecular flexibility index (Phi) is 4.60. The molecule has 0 saturated carbocycles. The maximum absolute atomic E-state index is 9.24. The molecule has 3 aromatic rings. The van der Waals surface area contributed by atoms with E-state index in [0.29, 0.717) is 0 Å². The van der Waals surface area contributed by atoms with Crippen molar-refractivity contribution < 1.29 is 9.84 Å². The second-order valence-electron chi connectivity index (χ2n) is 5.20. The Labute approximate surface area is 136 Å². The largest absolute Gasteiger partial charge is 0.497 e. The van der Waals surface area contributed by atoms with Crippen molar-refractivity contribution in [1.82, 2.24) is 0 Å². The fraction of sp³-hybridized carbons (Fsp3) is 0.100. The molecule has 3 rings (SSSR count). The average molecular weight is 305 g/mol. The fourth-order valence-corrected chi connectivity index (χ4v) is 2.52. The van der Waals surface area contributed by atoms with Crippen LogP contribution in [0.3, 0.4) is 0 Å². The number of anilines is 3. The minimum atomic E-state index is 0.0464. The molecule has 0 radical (unpaired) electrons. The van der Waals surface area contributed by atoms with Crippen molar-refractivity contribution in [2.75, 3.05) is 12.0 Å². The highest BCUT2D eigenvalue weighted by atomic mass is 16.5. The topological polar surface area (TPSA) is 32.7 Å². The SMILES string of the molecule is COc1cccc(N(c2ccccc2)c2ccc(CO)cc2)c1. The third-order valence-electron chi connectivity index (χ3n) is 3.70. The predicted molar refractivity (Wildman–Crippen MR) is 93.6 cm³/mol. The number of aliphatic hydroxyl groups is 1. The number of benzene rings is 3. The van der Waals surface area contributed by atoms with Gasteiger partial charge in [0.15, 0.2) is 0 Å². The first-order valence-corrected chi connectivity index (χ1v) is 7.51. The summed E-state index contributed by atoms with van der Waals surface area (Å²) in [6.07, 6.45) is 0. The quantitative estimate of drug-likeness (QED) is 0.744. The van der Waals surface area contributed by atoms with Crippen molar-refractivity contribution in [2.45, 2.75) is 6.61 Å². The number of ether oxygens (including phenoxy) is 1. The van der Waals surface area contributed by atoms with Crippen molar-refractivity contribution in [1.29, 1.82) is 0 Å². The second-order valence-corrected chi connectivity index (χ2v) is 5.20. The van der Waals surface area contributed by atoms with Gasteiger partial charge in [0.25, 0.3) is 0 Å². The lowest BCUT2D eigenvalue weighted by Gasteiger charge is -2.25. The molecule has 0 aromatic heterocycles. The second kappa shape index (κ2) is 6.99. The Morgan fingerprint density at radius 3 is 2.09 bits per heavy atom. The zero-order valence-corrected chi connectivity index (χ0v) is 13.0. The number of rotatable bonds is 5. The van der Waals surface area contributed by atoms with E-state index in [9.17, 15) is 5.11 Å². The van der Waals surface area contributed by atoms with Crippen molar-refractivity contribution in [3.8, 4) is 5.75 Å². The van der Waals surface area contributed by atoms with E-state index in [-0.39, 0.29) is 6.61 Å². The molecule has 0 bridgehead atoms. The first-order valence-electron chi connectivity index (χ1n) is 7.51. The third kappa shape index (κ3) is 3.35. The molecule has 0 unspecified atom stereocenters. The summed E-state index contributed by atoms with van der Waals surface area (Å²) in [7, 11) is 1.67. The molecule has 0 aliphatic carbocycles. The van der Waals surface area contributed by atoms with Crippen LogP contribution >= 0.6 is 0 Å². The Morgan fingerprint density at radius 2 is 1.43 bits per heavy atom. The molecular formula is C20H19NO2. The third-order valence-corrected chi connectivity index (χ3v) is 3.70. The van der Waals surface area contributed by atoms with Crippen molar-refractivity contribution in [3.63, 3.8) is 0 Å². The maximum atomic E-state index is 9.24. The van der Waals surface area contributed by atoms with E-state index in [1.165, 1.54) is 0 Å². The van der Waals surface area contributed by atoms with Gasteiger partial charge in [0.1, 0.15) is 5.75 Å². The van der Waals surface area contributed by atoms with E-state index in [1.807, 2.05) is 60.7 Å². The Morgan fingerprint density at radius 1 is 0.783 bits per heavy atom. The number of methoxy groups -OCH3 is 1. The van der Waals surface area contributed by atoms with Crippen LogP contribution in [0.5, 0.6) is 5.75 Å². The van der Waals surface area contributed by atoms with Gasteiger partial charge in [-0.25, -0.2) is 0 Å². The molecule has 3 nitrogen and oxygen atoms in total. The number of nitrogens with zero attached hydrogens (tertiary/aromatic N) is 1. The van der Waals surface area contributed by atoms with Gasteiger partial charge in [0.05, 0.1) is 13.7 Å². The number of hydrogen-bond acceptors (Lipinski definition) is 3. The summed E-state index contributed by atoms with van der Waals surface area (Å²) in [6.45, 7) is 0.0464. The maximum Gasteiger partial charge on any atom is 0.120 e. The standard InChI is InChI=1S/C20H19NO2/c1-23-20-9-5-8-19(14-20)21(17-6-3-2-4-7-17)18-12-10-16(15-22)11-13-18/h2-14,22H,15H2,1H3. The molecule has 3 heteroatoms. The number of hydrogen-bond donors (Lipinski definition) is 1. The summed E-state index contributed by atoms with van der Waals surface area (Å²) in [5, 5.41) is 9.24. The molecule has 0 fully saturated rings. The van der Waals surface area contributed by atoms with Crippen LogP contribution in [-0.4, -0.2) is 12.2 Å². The summed E-state index contributed by atoms with van der Waals surface area (Å²) in [4.78, 5) is 2.16. The number of aliphatic hydroxyl groups excluding tert-OH is 1. The summed E-state index contributed by atoms with van der Waals surface area (Å²) in [6, 6.07) is 26.0. The normalized spacial score (nSPS) is 10.3. The van der Waals surface area contributed by atoms with Gasteiger partial charge in [0, 0.05) is 23.1 Å². The van der Waals surface area contributed by atoms with Crippen LogP contribution in [0.25, 0.3) is 0 Å². The molecule has 1 N–H and O–H groups in total. The smallest absolute Gasteiger partial charge is 0.120 e. The van der Waals surface area contributed by atoms with Crippen LogP contribution in [-0.2, 0) is 6.61 Å². The molecule has 0 amide bonds. The van der Waals surface area contributed by atoms with Gasteiger partial charge in [-0.05, 0) is 42.0 Å². The molecule has 0 aliphatic rings. The van der Waals surface area contributed by atoms with E-state index in [0.717, 1.165) is 28.4 Å². The van der Waals surface area contributed by atoms with E-state index in [2.05, 4.69) is 23.1 Å². The van der Waals surface area contributed by atoms with Gasteiger partial charge in [-0.15, -0.1) is 0 Å². The van der Waals surface area contributed by atoms with Gasteiger partial charge >= 0.3 is 0 Å². The molecule has 0 aliphatic heterocycles. The monoisotopic (exact) mass is 305 g/mol. The predicted octanol–water partition coefficient (Wildman–Crippen LogP) is 4.66. The van der Waals surface area contributed by atoms with Gasteiger partial charge in [0.2, 0.25) is 0 Å². The molecule has 0 atom stereocenters. The van der Waals surface area contributed by atoms with Gasteiger partial charge in [-0.2, -0.15) is 0 Å². The van der Waals surface area contributed by atoms with Gasteiger partial charge in [-0.1, -0.05) is 36.4 Å². The lowest BCUT2D eigenvalue weighted by atomic mass is 10.1. The van der Waals surface area contributed by atoms with Gasteiger partial charge in [-0.3, -0.25) is 0 Å². The van der Waals surface area contributed by atoms with E-state index in [1.54, 1.807) is 7.11 Å². The number of para-hydroxylation sites is 1. The zero-order valence-electron chi connectivity index (χ0n) is 13.0. The highest BCUT2D eigenvalue weighted by Crippen LogP contribution is 2.35. The lowest BCUT2D eigenvalue weighted by Crippen LogP contribution is -2.09. The van der Waals surface area contributed by atoms with E-state index >= 15 is 0 Å². The highest BCUT2D eigenvalue weighted by molar-refractivity contribution is 5.77. The average Bonchev–Trinajstić information content (AvgIpc) is 2.64. The van der Waals surface area contributed by atoms with Crippen LogP contribution < -0.4 is 9.64 Å². The van der Waals surface area contributed by atoms with Crippen LogP contribution in [0, 0.1) is 0 Å². The fourth-order valence-electron chi connectivity index (χ4n) is 2.52. The highest BCUT2D eigenvalue weighted by Gasteiger charge is 2.12. The Hall–Kier alpha value is -2.78. The summed E-state index contributed by atoms with van der Waals surface area (Å²) in [5.74, 6) is 0.815. The van der Waals surface area contributed by atoms with Gasteiger partial charge < -0.3 is 14.7 Å². The Bertz CT molecular complexity index is 754. The molecule has 0 heterocycles. The minimum Gasteiger partial charge on any atom is -0.497 e. The molecule has 0 spiro atoms. The molecule has 0 saturated heterocycles. The van der Waals surface area contributed by atoms with E-state index < -0.39 is 0 Å². The van der Waals surface area contributed by atoms with Crippen molar-refractivity contribution in [2.24, 2.45) is 0 Å². The summed E-state index contributed by atoms with van der Waals surface area (Å²) >= 11 is 0.